The quantitative estimate of drug-likeness (QED) is 0.702. The van der Waals surface area contributed by atoms with Crippen LogP contribution in [0, 0.1) is 5.92 Å². The molecule has 0 spiro atoms. The Kier molecular flexibility index (Phi) is 6.39. The number of rotatable bonds is 7. The molecule has 0 amide bonds. The summed E-state index contributed by atoms with van der Waals surface area (Å²) in [4.78, 5) is 12.9. The first kappa shape index (κ1) is 16.6. The molecular weight excluding hydrogens is 336 g/mol. The summed E-state index contributed by atoms with van der Waals surface area (Å²) in [6, 6.07) is 0. The fourth-order valence-electron chi connectivity index (χ4n) is 3.04. The predicted molar refractivity (Wildman–Crippen MR) is 83.5 cm³/mol. The Morgan fingerprint density at radius 2 is 2.14 bits per heavy atom. The van der Waals surface area contributed by atoms with Crippen LogP contribution in [0.5, 0.6) is 0 Å². The highest BCUT2D eigenvalue weighted by Gasteiger charge is 2.33. The van der Waals surface area contributed by atoms with Crippen molar-refractivity contribution in [3.63, 3.8) is 0 Å². The number of Topliss-reactive ketones (excluding diaryl/α,β-unsaturated/α-hetero) is 1. The zero-order chi connectivity index (χ0) is 15.2. The average Bonchev–Trinajstić information content (AvgIpc) is 2.87. The summed E-state index contributed by atoms with van der Waals surface area (Å²) in [5.41, 5.74) is 0.587. The van der Waals surface area contributed by atoms with Gasteiger partial charge in [-0.15, -0.1) is 0 Å². The fraction of sp³-hybridized carbons (Fsp3) is 0.733. The molecule has 1 unspecified atom stereocenters. The maximum Gasteiger partial charge on any atom is 0.210 e. The first-order valence-electron chi connectivity index (χ1n) is 7.46. The Bertz CT molecular complexity index is 469. The molecule has 0 bridgehead atoms. The van der Waals surface area contributed by atoms with Gasteiger partial charge in [-0.1, -0.05) is 19.3 Å². The van der Waals surface area contributed by atoms with Crippen LogP contribution >= 0.6 is 15.9 Å². The van der Waals surface area contributed by atoms with Crippen LogP contribution in [0.1, 0.15) is 42.6 Å². The van der Waals surface area contributed by atoms with Gasteiger partial charge in [-0.05, 0) is 34.7 Å². The van der Waals surface area contributed by atoms with E-state index in [4.69, 9.17) is 9.47 Å². The van der Waals surface area contributed by atoms with Crippen molar-refractivity contribution in [3.8, 4) is 0 Å². The van der Waals surface area contributed by atoms with Gasteiger partial charge in [0.2, 0.25) is 5.78 Å². The minimum absolute atomic E-state index is 0.0184. The second-order valence-electron chi connectivity index (χ2n) is 5.48. The number of methoxy groups -OCH3 is 2. The second-order valence-corrected chi connectivity index (χ2v) is 6.33. The van der Waals surface area contributed by atoms with Crippen molar-refractivity contribution in [2.45, 2.75) is 44.8 Å². The SMILES string of the molecule is COCCn1ncc(Br)c1C(=O)C(OC)C1CCCCC1. The smallest absolute Gasteiger partial charge is 0.210 e. The van der Waals surface area contributed by atoms with E-state index in [0.29, 0.717) is 24.8 Å². The number of nitrogens with zero attached hydrogens (tertiary/aromatic N) is 2. The van der Waals surface area contributed by atoms with Gasteiger partial charge < -0.3 is 9.47 Å². The molecule has 1 saturated carbocycles. The van der Waals surface area contributed by atoms with Gasteiger partial charge in [0.15, 0.2) is 0 Å². The summed E-state index contributed by atoms with van der Waals surface area (Å²) >= 11 is 3.43. The lowest BCUT2D eigenvalue weighted by Gasteiger charge is -2.28. The molecule has 1 aromatic rings. The number of ketones is 1. The van der Waals surface area contributed by atoms with Crippen LogP contribution < -0.4 is 0 Å². The molecule has 2 rings (SSSR count). The number of hydrogen-bond donors (Lipinski definition) is 0. The third-order valence-electron chi connectivity index (χ3n) is 4.13. The molecule has 0 aliphatic heterocycles. The summed E-state index contributed by atoms with van der Waals surface area (Å²) < 4.78 is 13.0. The van der Waals surface area contributed by atoms with Gasteiger partial charge in [-0.3, -0.25) is 9.48 Å². The van der Waals surface area contributed by atoms with Gasteiger partial charge in [0.1, 0.15) is 11.8 Å². The van der Waals surface area contributed by atoms with Crippen LogP contribution in [0.2, 0.25) is 0 Å². The Morgan fingerprint density at radius 3 is 2.76 bits per heavy atom. The molecule has 21 heavy (non-hydrogen) atoms. The van der Waals surface area contributed by atoms with Crippen LogP contribution in [-0.2, 0) is 16.0 Å². The first-order chi connectivity index (χ1) is 10.2. The van der Waals surface area contributed by atoms with Gasteiger partial charge in [-0.2, -0.15) is 5.10 Å². The maximum atomic E-state index is 12.9. The van der Waals surface area contributed by atoms with Crippen molar-refractivity contribution in [1.82, 2.24) is 9.78 Å². The van der Waals surface area contributed by atoms with E-state index >= 15 is 0 Å². The van der Waals surface area contributed by atoms with Crippen molar-refractivity contribution < 1.29 is 14.3 Å². The number of ether oxygens (including phenoxy) is 2. The number of carbonyl (C=O) groups is 1. The molecular formula is C15H23BrN2O3. The van der Waals surface area contributed by atoms with Crippen molar-refractivity contribution in [2.75, 3.05) is 20.8 Å². The number of aromatic nitrogens is 2. The van der Waals surface area contributed by atoms with Crippen molar-refractivity contribution in [3.05, 3.63) is 16.4 Å². The molecule has 0 N–H and O–H groups in total. The normalized spacial score (nSPS) is 17.9. The molecule has 118 valence electrons. The minimum Gasteiger partial charge on any atom is -0.383 e. The monoisotopic (exact) mass is 358 g/mol. The van der Waals surface area contributed by atoms with Gasteiger partial charge in [0, 0.05) is 14.2 Å². The lowest BCUT2D eigenvalue weighted by molar-refractivity contribution is 0.0303. The lowest BCUT2D eigenvalue weighted by atomic mass is 9.83. The molecule has 1 aliphatic rings. The van der Waals surface area contributed by atoms with E-state index in [9.17, 15) is 4.79 Å². The molecule has 0 aromatic carbocycles. The lowest BCUT2D eigenvalue weighted by Crippen LogP contribution is -2.34. The number of hydrogen-bond acceptors (Lipinski definition) is 4. The molecule has 5 nitrogen and oxygen atoms in total. The zero-order valence-electron chi connectivity index (χ0n) is 12.7. The highest BCUT2D eigenvalue weighted by atomic mass is 79.9. The fourth-order valence-corrected chi connectivity index (χ4v) is 3.53. The van der Waals surface area contributed by atoms with Gasteiger partial charge in [-0.25, -0.2) is 0 Å². The zero-order valence-corrected chi connectivity index (χ0v) is 14.3. The van der Waals surface area contributed by atoms with Crippen molar-refractivity contribution in [2.24, 2.45) is 5.92 Å². The standard InChI is InChI=1S/C15H23BrN2O3/c1-20-9-8-18-13(12(16)10-17-18)14(19)15(21-2)11-6-4-3-5-7-11/h10-11,15H,3-9H2,1-2H3. The Labute approximate surface area is 134 Å². The van der Waals surface area contributed by atoms with E-state index in [1.165, 1.54) is 19.3 Å². The summed E-state index contributed by atoms with van der Waals surface area (Å²) in [6.07, 6.45) is 7.04. The Hall–Kier alpha value is -0.720. The molecule has 1 fully saturated rings. The van der Waals surface area contributed by atoms with E-state index in [-0.39, 0.29) is 11.9 Å². The van der Waals surface area contributed by atoms with Gasteiger partial charge >= 0.3 is 0 Å². The van der Waals surface area contributed by atoms with E-state index in [1.807, 2.05) is 0 Å². The predicted octanol–water partition coefficient (Wildman–Crippen LogP) is 3.07. The van der Waals surface area contributed by atoms with Crippen molar-refractivity contribution in [1.29, 1.82) is 0 Å². The number of carbonyl (C=O) groups excluding carboxylic acids is 1. The van der Waals surface area contributed by atoms with E-state index in [0.717, 1.165) is 17.3 Å². The van der Waals surface area contributed by atoms with Crippen molar-refractivity contribution >= 4 is 21.7 Å². The molecule has 1 aliphatic carbocycles. The summed E-state index contributed by atoms with van der Waals surface area (Å²) in [6.45, 7) is 1.08. The largest absolute Gasteiger partial charge is 0.383 e. The Morgan fingerprint density at radius 1 is 1.43 bits per heavy atom. The summed E-state index contributed by atoms with van der Waals surface area (Å²) in [5.74, 6) is 0.332. The van der Waals surface area contributed by atoms with Gasteiger partial charge in [0.25, 0.3) is 0 Å². The summed E-state index contributed by atoms with van der Waals surface area (Å²) in [7, 11) is 3.26. The molecule has 6 heteroatoms. The minimum atomic E-state index is -0.375. The third kappa shape index (κ3) is 3.93. The second kappa shape index (κ2) is 8.06. The molecule has 0 radical (unpaired) electrons. The highest BCUT2D eigenvalue weighted by molar-refractivity contribution is 9.10. The van der Waals surface area contributed by atoms with E-state index in [2.05, 4.69) is 21.0 Å². The Balaban J connectivity index is 2.18. The van der Waals surface area contributed by atoms with E-state index in [1.54, 1.807) is 25.1 Å². The van der Waals surface area contributed by atoms with Crippen LogP contribution in [-0.4, -0.2) is 42.5 Å². The molecule has 1 aromatic heterocycles. The van der Waals surface area contributed by atoms with E-state index < -0.39 is 0 Å². The van der Waals surface area contributed by atoms with Crippen LogP contribution in [0.25, 0.3) is 0 Å². The van der Waals surface area contributed by atoms with Crippen LogP contribution in [0.4, 0.5) is 0 Å². The first-order valence-corrected chi connectivity index (χ1v) is 8.25. The highest BCUT2D eigenvalue weighted by Crippen LogP contribution is 2.30. The third-order valence-corrected chi connectivity index (χ3v) is 4.71. The van der Waals surface area contributed by atoms with Crippen LogP contribution in [0.15, 0.2) is 10.7 Å². The molecule has 0 saturated heterocycles. The van der Waals surface area contributed by atoms with Gasteiger partial charge in [0.05, 0.1) is 23.8 Å². The number of halogens is 1. The summed E-state index contributed by atoms with van der Waals surface area (Å²) in [5, 5.41) is 4.25. The maximum absolute atomic E-state index is 12.9. The molecule has 1 atom stereocenters. The molecule has 1 heterocycles. The topological polar surface area (TPSA) is 53.4 Å². The average molecular weight is 359 g/mol. The van der Waals surface area contributed by atoms with Crippen LogP contribution in [0.3, 0.4) is 0 Å².